The smallest absolute Gasteiger partial charge is 0.195 e. The first-order chi connectivity index (χ1) is 11.0. The van der Waals surface area contributed by atoms with Crippen molar-refractivity contribution in [1.82, 2.24) is 0 Å². The zero-order valence-corrected chi connectivity index (χ0v) is 17.3. The quantitative estimate of drug-likeness (QED) is 0.248. The van der Waals surface area contributed by atoms with Gasteiger partial charge < -0.3 is 0 Å². The second-order valence-electron chi connectivity index (χ2n) is 6.50. The fourth-order valence-electron chi connectivity index (χ4n) is 2.64. The minimum Gasteiger partial charge on any atom is -0.195 e. The normalized spacial score (nSPS) is 13.3. The highest BCUT2D eigenvalue weighted by molar-refractivity contribution is 8.02. The average Bonchev–Trinajstić information content (AvgIpc) is 2.47. The summed E-state index contributed by atoms with van der Waals surface area (Å²) in [6.45, 7) is 4.12. The maximum absolute atomic E-state index is 11.5. The molecule has 23 heavy (non-hydrogen) atoms. The van der Waals surface area contributed by atoms with E-state index in [1.807, 2.05) is 13.2 Å². The van der Waals surface area contributed by atoms with Crippen molar-refractivity contribution in [3.63, 3.8) is 0 Å². The zero-order chi connectivity index (χ0) is 17.4. The lowest BCUT2D eigenvalue weighted by atomic mass is 10.1. The largest absolute Gasteiger partial charge is 0.311 e. The molecule has 0 saturated heterocycles. The Labute approximate surface area is 148 Å². The molecule has 0 amide bonds. The van der Waals surface area contributed by atoms with Gasteiger partial charge in [-0.15, -0.1) is 0 Å². The van der Waals surface area contributed by atoms with Gasteiger partial charge in [-0.2, -0.15) is 8.42 Å². The second-order valence-corrected chi connectivity index (χ2v) is 10.1. The Morgan fingerprint density at radius 3 is 1.57 bits per heavy atom. The Balaban J connectivity index is 3.33. The van der Waals surface area contributed by atoms with Crippen LogP contribution in [0, 0.1) is 0 Å². The third-order valence-electron chi connectivity index (χ3n) is 3.96. The molecule has 0 aliphatic carbocycles. The molecule has 0 aromatic carbocycles. The Morgan fingerprint density at radius 2 is 1.13 bits per heavy atom. The van der Waals surface area contributed by atoms with Gasteiger partial charge in [0.05, 0.1) is 5.75 Å². The Kier molecular flexibility index (Phi) is 15.9. The molecule has 0 radical (unpaired) electrons. The first kappa shape index (κ1) is 23.3. The van der Waals surface area contributed by atoms with E-state index in [0.717, 1.165) is 12.2 Å². The predicted octanol–water partition coefficient (Wildman–Crippen LogP) is 5.61. The van der Waals surface area contributed by atoms with Gasteiger partial charge in [0.1, 0.15) is 12.0 Å². The van der Waals surface area contributed by atoms with E-state index in [9.17, 15) is 8.42 Å². The zero-order valence-electron chi connectivity index (χ0n) is 15.6. The standard InChI is InChI=1S/C18H39O3S2/c1-4-6-7-8-9-10-11-12-13-14-15-16-17-22(3)21-23(19,20)18-5-2/h4-18H2,1-3H3/q+1. The monoisotopic (exact) mass is 367 g/mol. The van der Waals surface area contributed by atoms with Crippen molar-refractivity contribution in [1.29, 1.82) is 0 Å². The lowest BCUT2D eigenvalue weighted by Gasteiger charge is -2.04. The van der Waals surface area contributed by atoms with E-state index >= 15 is 0 Å². The maximum atomic E-state index is 11.5. The van der Waals surface area contributed by atoms with E-state index in [1.165, 1.54) is 70.6 Å². The lowest BCUT2D eigenvalue weighted by molar-refractivity contribution is 0.511. The van der Waals surface area contributed by atoms with Crippen LogP contribution in [-0.4, -0.2) is 26.2 Å². The summed E-state index contributed by atoms with van der Waals surface area (Å²) in [5, 5.41) is 0. The summed E-state index contributed by atoms with van der Waals surface area (Å²) in [6, 6.07) is 0. The van der Waals surface area contributed by atoms with Crippen LogP contribution in [0.1, 0.15) is 97.3 Å². The molecule has 0 heterocycles. The lowest BCUT2D eigenvalue weighted by Crippen LogP contribution is -2.18. The van der Waals surface area contributed by atoms with Crippen LogP contribution in [0.2, 0.25) is 0 Å². The summed E-state index contributed by atoms with van der Waals surface area (Å²) in [5.41, 5.74) is 0. The van der Waals surface area contributed by atoms with Crippen LogP contribution in [0.5, 0.6) is 0 Å². The van der Waals surface area contributed by atoms with Crippen molar-refractivity contribution < 1.29 is 12.0 Å². The van der Waals surface area contributed by atoms with Crippen LogP contribution >= 0.6 is 0 Å². The molecule has 1 atom stereocenters. The van der Waals surface area contributed by atoms with Gasteiger partial charge in [-0.25, -0.2) is 0 Å². The molecule has 0 aromatic rings. The third-order valence-corrected chi connectivity index (χ3v) is 7.49. The van der Waals surface area contributed by atoms with E-state index in [4.69, 9.17) is 3.63 Å². The van der Waals surface area contributed by atoms with Crippen molar-refractivity contribution in [2.45, 2.75) is 97.3 Å². The van der Waals surface area contributed by atoms with Gasteiger partial charge in [0.2, 0.25) is 0 Å². The molecule has 0 saturated carbocycles. The van der Waals surface area contributed by atoms with E-state index < -0.39 is 21.3 Å². The number of hydrogen-bond donors (Lipinski definition) is 0. The van der Waals surface area contributed by atoms with Crippen LogP contribution in [0.4, 0.5) is 0 Å². The van der Waals surface area contributed by atoms with Crippen molar-refractivity contribution in [2.24, 2.45) is 0 Å². The highest BCUT2D eigenvalue weighted by Gasteiger charge is 2.23. The highest BCUT2D eigenvalue weighted by Crippen LogP contribution is 2.13. The van der Waals surface area contributed by atoms with Crippen molar-refractivity contribution in [2.75, 3.05) is 17.8 Å². The van der Waals surface area contributed by atoms with Gasteiger partial charge in [0.15, 0.2) is 11.2 Å². The van der Waals surface area contributed by atoms with Gasteiger partial charge in [-0.3, -0.25) is 0 Å². The molecule has 0 bridgehead atoms. The molecular weight excluding hydrogens is 328 g/mol. The van der Waals surface area contributed by atoms with Gasteiger partial charge in [-0.05, 0) is 22.9 Å². The summed E-state index contributed by atoms with van der Waals surface area (Å²) in [6.07, 6.45) is 18.5. The fourth-order valence-corrected chi connectivity index (χ4v) is 5.71. The summed E-state index contributed by atoms with van der Waals surface area (Å²) >= 11 is -0.443. The molecule has 0 spiro atoms. The van der Waals surface area contributed by atoms with E-state index in [1.54, 1.807) is 0 Å². The topological polar surface area (TPSA) is 43.4 Å². The first-order valence-electron chi connectivity index (χ1n) is 9.57. The van der Waals surface area contributed by atoms with Gasteiger partial charge in [0, 0.05) is 0 Å². The number of hydrogen-bond acceptors (Lipinski definition) is 3. The molecule has 140 valence electrons. The minimum absolute atomic E-state index is 0.142. The molecule has 1 unspecified atom stereocenters. The van der Waals surface area contributed by atoms with E-state index in [2.05, 4.69) is 6.92 Å². The third kappa shape index (κ3) is 16.9. The maximum Gasteiger partial charge on any atom is 0.311 e. The average molecular weight is 368 g/mol. The minimum atomic E-state index is -3.28. The van der Waals surface area contributed by atoms with Crippen LogP contribution < -0.4 is 0 Å². The molecule has 0 aliphatic heterocycles. The molecule has 0 N–H and O–H groups in total. The van der Waals surface area contributed by atoms with Crippen molar-refractivity contribution in [3.8, 4) is 0 Å². The van der Waals surface area contributed by atoms with Crippen molar-refractivity contribution >= 4 is 21.3 Å². The van der Waals surface area contributed by atoms with Crippen LogP contribution in [0.25, 0.3) is 0 Å². The van der Waals surface area contributed by atoms with Crippen LogP contribution in [0.3, 0.4) is 0 Å². The van der Waals surface area contributed by atoms with Gasteiger partial charge >= 0.3 is 10.1 Å². The predicted molar refractivity (Wildman–Crippen MR) is 104 cm³/mol. The molecule has 0 aromatic heterocycles. The van der Waals surface area contributed by atoms with E-state index in [-0.39, 0.29) is 5.75 Å². The highest BCUT2D eigenvalue weighted by atomic mass is 32.3. The first-order valence-corrected chi connectivity index (χ1v) is 12.9. The molecule has 0 fully saturated rings. The summed E-state index contributed by atoms with van der Waals surface area (Å²) in [5.74, 6) is 1.02. The van der Waals surface area contributed by atoms with Crippen molar-refractivity contribution in [3.05, 3.63) is 0 Å². The Morgan fingerprint density at radius 1 is 0.696 bits per heavy atom. The molecule has 5 heteroatoms. The SMILES string of the molecule is CCCCCCCCCCCCCC[S+](C)OS(=O)(=O)CCC. The summed E-state index contributed by atoms with van der Waals surface area (Å²) < 4.78 is 28.3. The Hall–Kier alpha value is 0.260. The van der Waals surface area contributed by atoms with Gasteiger partial charge in [0.25, 0.3) is 0 Å². The summed E-state index contributed by atoms with van der Waals surface area (Å²) in [7, 11) is -3.28. The van der Waals surface area contributed by atoms with E-state index in [0.29, 0.717) is 6.42 Å². The fraction of sp³-hybridized carbons (Fsp3) is 1.00. The number of unbranched alkanes of at least 4 members (excludes halogenated alkanes) is 11. The molecular formula is C18H39O3S2+. The molecule has 0 rings (SSSR count). The van der Waals surface area contributed by atoms with Gasteiger partial charge in [-0.1, -0.05) is 78.1 Å². The number of rotatable bonds is 17. The molecule has 0 aliphatic rings. The van der Waals surface area contributed by atoms with Crippen LogP contribution in [0.15, 0.2) is 0 Å². The Bertz CT molecular complexity index is 342. The molecule has 3 nitrogen and oxygen atoms in total. The van der Waals surface area contributed by atoms with Crippen LogP contribution in [-0.2, 0) is 24.9 Å². The summed E-state index contributed by atoms with van der Waals surface area (Å²) in [4.78, 5) is 0. The second kappa shape index (κ2) is 15.8.